The first-order chi connectivity index (χ1) is 8.70. The molecule has 0 amide bonds. The lowest BCUT2D eigenvalue weighted by Gasteiger charge is -2.08. The zero-order valence-corrected chi connectivity index (χ0v) is 11.1. The summed E-state index contributed by atoms with van der Waals surface area (Å²) in [4.78, 5) is 9.27. The molecule has 3 nitrogen and oxygen atoms in total. The summed E-state index contributed by atoms with van der Waals surface area (Å²) < 4.78 is 13.7. The predicted octanol–water partition coefficient (Wildman–Crippen LogP) is 2.79. The van der Waals surface area contributed by atoms with E-state index < -0.39 is 0 Å². The summed E-state index contributed by atoms with van der Waals surface area (Å²) in [5.74, 6) is -0.207. The average Bonchev–Trinajstić information content (AvgIpc) is 2.36. The Morgan fingerprint density at radius 2 is 2.00 bits per heavy atom. The monoisotopic (exact) mass is 263 g/mol. The van der Waals surface area contributed by atoms with E-state index in [1.807, 2.05) is 13.0 Å². The Balaban J connectivity index is 2.28. The summed E-state index contributed by atoms with van der Waals surface area (Å²) in [5.41, 5.74) is 1.66. The number of aryl methyl sites for hydroxylation is 1. The Morgan fingerprint density at radius 3 is 2.67 bits per heavy atom. The number of nitrogens with one attached hydrogen (secondary N) is 1. The van der Waals surface area contributed by atoms with Gasteiger partial charge in [-0.2, -0.15) is 0 Å². The second-order valence-electron chi connectivity index (χ2n) is 3.89. The minimum atomic E-state index is -0.207. The molecule has 0 aliphatic heterocycles. The number of halogens is 1. The molecule has 0 fully saturated rings. The van der Waals surface area contributed by atoms with Gasteiger partial charge in [0.2, 0.25) is 0 Å². The summed E-state index contributed by atoms with van der Waals surface area (Å²) in [5, 5.41) is 3.59. The minimum Gasteiger partial charge on any atom is -0.316 e. The Bertz CT molecular complexity index is 528. The van der Waals surface area contributed by atoms with Crippen LogP contribution in [0.5, 0.6) is 0 Å². The van der Waals surface area contributed by atoms with Gasteiger partial charge in [0, 0.05) is 29.4 Å². The number of hydrogen-bond donors (Lipinski definition) is 1. The summed E-state index contributed by atoms with van der Waals surface area (Å²) in [6.07, 6.45) is 3.51. The first-order valence-electron chi connectivity index (χ1n) is 5.59. The highest BCUT2D eigenvalue weighted by Gasteiger charge is 2.10. The first-order valence-corrected chi connectivity index (χ1v) is 6.41. The van der Waals surface area contributed by atoms with Crippen molar-refractivity contribution in [1.29, 1.82) is 0 Å². The van der Waals surface area contributed by atoms with Crippen molar-refractivity contribution in [2.45, 2.75) is 23.5 Å². The van der Waals surface area contributed by atoms with Gasteiger partial charge in [-0.15, -0.1) is 0 Å². The van der Waals surface area contributed by atoms with Crippen molar-refractivity contribution in [3.05, 3.63) is 47.5 Å². The average molecular weight is 263 g/mol. The van der Waals surface area contributed by atoms with Gasteiger partial charge >= 0.3 is 0 Å². The van der Waals surface area contributed by atoms with Crippen molar-refractivity contribution in [2.24, 2.45) is 0 Å². The summed E-state index contributed by atoms with van der Waals surface area (Å²) in [6, 6.07) is 5.04. The minimum absolute atomic E-state index is 0.207. The number of aromatic nitrogens is 2. The van der Waals surface area contributed by atoms with Gasteiger partial charge in [0.1, 0.15) is 5.82 Å². The molecule has 18 heavy (non-hydrogen) atoms. The molecular weight excluding hydrogens is 249 g/mol. The maximum Gasteiger partial charge on any atom is 0.192 e. The molecule has 0 saturated heterocycles. The van der Waals surface area contributed by atoms with Gasteiger partial charge in [-0.05, 0) is 43.4 Å². The standard InChI is InChI=1S/C13H14FN3S/c1-9-6-16-13(17-7-9)18-12-5-3-4-11(14)10(12)8-15-2/h3-7,15H,8H2,1-2H3. The van der Waals surface area contributed by atoms with E-state index in [4.69, 9.17) is 0 Å². The molecule has 1 N–H and O–H groups in total. The number of benzene rings is 1. The Kier molecular flexibility index (Phi) is 4.28. The lowest BCUT2D eigenvalue weighted by atomic mass is 10.2. The molecule has 0 aliphatic carbocycles. The molecule has 0 saturated carbocycles. The third kappa shape index (κ3) is 3.05. The van der Waals surface area contributed by atoms with Crippen LogP contribution in [0.1, 0.15) is 11.1 Å². The van der Waals surface area contributed by atoms with Crippen molar-refractivity contribution < 1.29 is 4.39 Å². The molecule has 1 aromatic carbocycles. The van der Waals surface area contributed by atoms with Crippen LogP contribution in [0.15, 0.2) is 40.6 Å². The topological polar surface area (TPSA) is 37.8 Å². The summed E-state index contributed by atoms with van der Waals surface area (Å²) >= 11 is 1.37. The quantitative estimate of drug-likeness (QED) is 0.861. The second kappa shape index (κ2) is 5.93. The molecule has 0 radical (unpaired) electrons. The van der Waals surface area contributed by atoms with E-state index in [0.29, 0.717) is 17.3 Å². The maximum atomic E-state index is 13.7. The van der Waals surface area contributed by atoms with Crippen LogP contribution in [-0.2, 0) is 6.54 Å². The second-order valence-corrected chi connectivity index (χ2v) is 4.90. The molecule has 2 aromatic rings. The van der Waals surface area contributed by atoms with E-state index >= 15 is 0 Å². The number of hydrogen-bond acceptors (Lipinski definition) is 4. The van der Waals surface area contributed by atoms with E-state index in [2.05, 4.69) is 15.3 Å². The lowest BCUT2D eigenvalue weighted by Crippen LogP contribution is -2.08. The molecule has 0 unspecified atom stereocenters. The molecule has 0 bridgehead atoms. The molecule has 5 heteroatoms. The van der Waals surface area contributed by atoms with E-state index in [1.165, 1.54) is 17.8 Å². The van der Waals surface area contributed by atoms with Gasteiger partial charge < -0.3 is 5.32 Å². The molecule has 1 aromatic heterocycles. The fraction of sp³-hybridized carbons (Fsp3) is 0.231. The number of nitrogens with zero attached hydrogens (tertiary/aromatic N) is 2. The Morgan fingerprint density at radius 1 is 1.28 bits per heavy atom. The Hall–Kier alpha value is -1.46. The summed E-state index contributed by atoms with van der Waals surface area (Å²) in [7, 11) is 1.79. The normalized spacial score (nSPS) is 10.6. The Labute approximate surface area is 110 Å². The third-order valence-electron chi connectivity index (χ3n) is 2.39. The summed E-state index contributed by atoms with van der Waals surface area (Å²) in [6.45, 7) is 2.42. The van der Waals surface area contributed by atoms with Crippen molar-refractivity contribution in [2.75, 3.05) is 7.05 Å². The van der Waals surface area contributed by atoms with Crippen LogP contribution in [0.25, 0.3) is 0 Å². The van der Waals surface area contributed by atoms with Crippen LogP contribution >= 0.6 is 11.8 Å². The predicted molar refractivity (Wildman–Crippen MR) is 70.1 cm³/mol. The van der Waals surface area contributed by atoms with E-state index in [-0.39, 0.29) is 5.82 Å². The molecule has 2 rings (SSSR count). The smallest absolute Gasteiger partial charge is 0.192 e. The zero-order chi connectivity index (χ0) is 13.0. The van der Waals surface area contributed by atoms with E-state index in [1.54, 1.807) is 25.5 Å². The maximum absolute atomic E-state index is 13.7. The van der Waals surface area contributed by atoms with Gasteiger partial charge in [-0.1, -0.05) is 6.07 Å². The highest BCUT2D eigenvalue weighted by atomic mass is 32.2. The third-order valence-corrected chi connectivity index (χ3v) is 3.38. The molecule has 0 spiro atoms. The van der Waals surface area contributed by atoms with E-state index in [0.717, 1.165) is 10.5 Å². The number of rotatable bonds is 4. The van der Waals surface area contributed by atoms with Crippen LogP contribution in [-0.4, -0.2) is 17.0 Å². The van der Waals surface area contributed by atoms with Crippen LogP contribution in [0.4, 0.5) is 4.39 Å². The van der Waals surface area contributed by atoms with Gasteiger partial charge in [0.25, 0.3) is 0 Å². The van der Waals surface area contributed by atoms with Gasteiger partial charge in [0.15, 0.2) is 5.16 Å². The molecule has 0 aliphatic rings. The lowest BCUT2D eigenvalue weighted by molar-refractivity contribution is 0.593. The van der Waals surface area contributed by atoms with E-state index in [9.17, 15) is 4.39 Å². The van der Waals surface area contributed by atoms with Crippen molar-refractivity contribution in [3.63, 3.8) is 0 Å². The zero-order valence-electron chi connectivity index (χ0n) is 10.3. The molecule has 0 atom stereocenters. The van der Waals surface area contributed by atoms with Crippen molar-refractivity contribution >= 4 is 11.8 Å². The van der Waals surface area contributed by atoms with Crippen LogP contribution < -0.4 is 5.32 Å². The van der Waals surface area contributed by atoms with Crippen LogP contribution in [0.3, 0.4) is 0 Å². The molecular formula is C13H14FN3S. The van der Waals surface area contributed by atoms with Crippen LogP contribution in [0.2, 0.25) is 0 Å². The van der Waals surface area contributed by atoms with Gasteiger partial charge in [0.05, 0.1) is 0 Å². The SMILES string of the molecule is CNCc1c(F)cccc1Sc1ncc(C)cn1. The van der Waals surface area contributed by atoms with Crippen LogP contribution in [0, 0.1) is 12.7 Å². The van der Waals surface area contributed by atoms with Gasteiger partial charge in [-0.3, -0.25) is 0 Å². The largest absolute Gasteiger partial charge is 0.316 e. The fourth-order valence-corrected chi connectivity index (χ4v) is 2.36. The highest BCUT2D eigenvalue weighted by Crippen LogP contribution is 2.29. The molecule has 94 valence electrons. The first kappa shape index (κ1) is 13.0. The van der Waals surface area contributed by atoms with Gasteiger partial charge in [-0.25, -0.2) is 14.4 Å². The highest BCUT2D eigenvalue weighted by molar-refractivity contribution is 7.99. The fourth-order valence-electron chi connectivity index (χ4n) is 1.51. The molecule has 1 heterocycles. The van der Waals surface area contributed by atoms with Crippen molar-refractivity contribution in [3.8, 4) is 0 Å². The van der Waals surface area contributed by atoms with Crippen molar-refractivity contribution in [1.82, 2.24) is 15.3 Å².